The van der Waals surface area contributed by atoms with E-state index < -0.39 is 10.0 Å². The standard InChI is InChI=1S/C19H22N2O3S/c22-19(15-7-3-1-4-8-15)20-16-11-13-18(14-12-16)25(23,24)21-17-9-5-2-6-10-17/h2,5-6,9-15,21H,1,3-4,7-8H2,(H,20,22). The fraction of sp³-hybridized carbons (Fsp3) is 0.316. The molecule has 6 heteroatoms. The Morgan fingerprint density at radius 2 is 1.48 bits per heavy atom. The van der Waals surface area contributed by atoms with Crippen molar-refractivity contribution < 1.29 is 13.2 Å². The van der Waals surface area contributed by atoms with E-state index in [-0.39, 0.29) is 16.7 Å². The maximum Gasteiger partial charge on any atom is 0.261 e. The molecule has 2 N–H and O–H groups in total. The van der Waals surface area contributed by atoms with Gasteiger partial charge in [0.15, 0.2) is 0 Å². The lowest BCUT2D eigenvalue weighted by Crippen LogP contribution is -2.24. The molecule has 1 fully saturated rings. The van der Waals surface area contributed by atoms with Crippen LogP contribution in [0.25, 0.3) is 0 Å². The summed E-state index contributed by atoms with van der Waals surface area (Å²) in [7, 11) is -3.64. The van der Waals surface area contributed by atoms with Gasteiger partial charge in [-0.3, -0.25) is 9.52 Å². The van der Waals surface area contributed by atoms with Crippen molar-refractivity contribution >= 4 is 27.3 Å². The highest BCUT2D eigenvalue weighted by molar-refractivity contribution is 7.92. The van der Waals surface area contributed by atoms with Gasteiger partial charge in [0.1, 0.15) is 0 Å². The molecule has 1 amide bonds. The van der Waals surface area contributed by atoms with E-state index in [1.807, 2.05) is 6.07 Å². The van der Waals surface area contributed by atoms with Gasteiger partial charge in [-0.05, 0) is 49.2 Å². The largest absolute Gasteiger partial charge is 0.326 e. The lowest BCUT2D eigenvalue weighted by Gasteiger charge is -2.20. The fourth-order valence-electron chi connectivity index (χ4n) is 3.05. The number of hydrogen-bond acceptors (Lipinski definition) is 3. The molecule has 25 heavy (non-hydrogen) atoms. The van der Waals surface area contributed by atoms with E-state index in [1.54, 1.807) is 36.4 Å². The highest BCUT2D eigenvalue weighted by Gasteiger charge is 2.21. The fourth-order valence-corrected chi connectivity index (χ4v) is 4.11. The molecular formula is C19H22N2O3S. The average molecular weight is 358 g/mol. The summed E-state index contributed by atoms with van der Waals surface area (Å²) in [5.74, 6) is 0.0922. The van der Waals surface area contributed by atoms with Crippen LogP contribution in [0.3, 0.4) is 0 Å². The number of anilines is 2. The second-order valence-corrected chi connectivity index (χ2v) is 8.00. The summed E-state index contributed by atoms with van der Waals surface area (Å²) in [6, 6.07) is 15.0. The minimum Gasteiger partial charge on any atom is -0.326 e. The van der Waals surface area contributed by atoms with Crippen molar-refractivity contribution in [1.82, 2.24) is 0 Å². The molecule has 0 heterocycles. The Kier molecular flexibility index (Phi) is 5.38. The molecule has 5 nitrogen and oxygen atoms in total. The number of carbonyl (C=O) groups is 1. The smallest absolute Gasteiger partial charge is 0.261 e. The first-order valence-corrected chi connectivity index (χ1v) is 10.0. The zero-order valence-corrected chi connectivity index (χ0v) is 14.8. The van der Waals surface area contributed by atoms with E-state index >= 15 is 0 Å². The van der Waals surface area contributed by atoms with Crippen LogP contribution in [-0.2, 0) is 14.8 Å². The minimum absolute atomic E-state index is 0.0257. The first-order chi connectivity index (χ1) is 12.0. The summed E-state index contributed by atoms with van der Waals surface area (Å²) < 4.78 is 27.3. The number of carbonyl (C=O) groups excluding carboxylic acids is 1. The van der Waals surface area contributed by atoms with E-state index in [1.165, 1.54) is 18.6 Å². The van der Waals surface area contributed by atoms with Gasteiger partial charge in [-0.25, -0.2) is 8.42 Å². The summed E-state index contributed by atoms with van der Waals surface area (Å²) in [5, 5.41) is 2.89. The second kappa shape index (κ2) is 7.70. The van der Waals surface area contributed by atoms with Gasteiger partial charge in [0.2, 0.25) is 5.91 Å². The number of benzene rings is 2. The normalized spacial score (nSPS) is 15.5. The number of nitrogens with one attached hydrogen (secondary N) is 2. The Morgan fingerprint density at radius 3 is 2.12 bits per heavy atom. The number of amides is 1. The van der Waals surface area contributed by atoms with Crippen LogP contribution in [0.4, 0.5) is 11.4 Å². The molecule has 2 aromatic rings. The average Bonchev–Trinajstić information content (AvgIpc) is 2.63. The molecule has 0 spiro atoms. The Balaban J connectivity index is 1.66. The highest BCUT2D eigenvalue weighted by Crippen LogP contribution is 2.25. The van der Waals surface area contributed by atoms with Gasteiger partial charge in [-0.15, -0.1) is 0 Å². The van der Waals surface area contributed by atoms with Crippen molar-refractivity contribution in [2.24, 2.45) is 5.92 Å². The number of rotatable bonds is 5. The lowest BCUT2D eigenvalue weighted by molar-refractivity contribution is -0.120. The third kappa shape index (κ3) is 4.60. The Bertz CT molecular complexity index is 812. The van der Waals surface area contributed by atoms with Crippen LogP contribution in [0.1, 0.15) is 32.1 Å². The Morgan fingerprint density at radius 1 is 0.840 bits per heavy atom. The molecule has 0 bridgehead atoms. The summed E-state index contributed by atoms with van der Waals surface area (Å²) in [4.78, 5) is 12.4. The Labute approximate surface area is 148 Å². The van der Waals surface area contributed by atoms with Crippen LogP contribution in [-0.4, -0.2) is 14.3 Å². The summed E-state index contributed by atoms with van der Waals surface area (Å²) >= 11 is 0. The summed E-state index contributed by atoms with van der Waals surface area (Å²) in [6.45, 7) is 0. The van der Waals surface area contributed by atoms with Crippen molar-refractivity contribution in [3.8, 4) is 0 Å². The van der Waals surface area contributed by atoms with Crippen molar-refractivity contribution in [3.63, 3.8) is 0 Å². The molecular weight excluding hydrogens is 336 g/mol. The first kappa shape index (κ1) is 17.5. The van der Waals surface area contributed by atoms with Crippen molar-refractivity contribution in [2.45, 2.75) is 37.0 Å². The monoisotopic (exact) mass is 358 g/mol. The molecule has 132 valence electrons. The second-order valence-electron chi connectivity index (χ2n) is 6.32. The molecule has 0 atom stereocenters. The quantitative estimate of drug-likeness (QED) is 0.848. The van der Waals surface area contributed by atoms with Crippen LogP contribution in [0, 0.1) is 5.92 Å². The predicted molar refractivity (Wildman–Crippen MR) is 98.9 cm³/mol. The highest BCUT2D eigenvalue weighted by atomic mass is 32.2. The third-order valence-electron chi connectivity index (χ3n) is 4.43. The topological polar surface area (TPSA) is 75.3 Å². The minimum atomic E-state index is -3.64. The molecule has 1 aliphatic rings. The van der Waals surface area contributed by atoms with Gasteiger partial charge in [0, 0.05) is 17.3 Å². The van der Waals surface area contributed by atoms with Crippen LogP contribution in [0.15, 0.2) is 59.5 Å². The molecule has 3 rings (SSSR count). The number of sulfonamides is 1. The lowest BCUT2D eigenvalue weighted by atomic mass is 9.88. The predicted octanol–water partition coefficient (Wildman–Crippen LogP) is 4.01. The zero-order chi connectivity index (χ0) is 17.7. The van der Waals surface area contributed by atoms with E-state index in [9.17, 15) is 13.2 Å². The van der Waals surface area contributed by atoms with E-state index in [2.05, 4.69) is 10.0 Å². The van der Waals surface area contributed by atoms with E-state index in [4.69, 9.17) is 0 Å². The first-order valence-electron chi connectivity index (χ1n) is 8.53. The molecule has 2 aromatic carbocycles. The summed E-state index contributed by atoms with van der Waals surface area (Å²) in [5.41, 5.74) is 1.13. The molecule has 1 aliphatic carbocycles. The van der Waals surface area contributed by atoms with E-state index in [0.29, 0.717) is 11.4 Å². The number of para-hydroxylation sites is 1. The molecule has 0 saturated heterocycles. The van der Waals surface area contributed by atoms with Gasteiger partial charge in [-0.2, -0.15) is 0 Å². The van der Waals surface area contributed by atoms with Crippen LogP contribution >= 0.6 is 0 Å². The van der Waals surface area contributed by atoms with E-state index in [0.717, 1.165) is 25.7 Å². The molecule has 0 aliphatic heterocycles. The molecule has 0 radical (unpaired) electrons. The summed E-state index contributed by atoms with van der Waals surface area (Å²) in [6.07, 6.45) is 5.25. The van der Waals surface area contributed by atoms with Crippen molar-refractivity contribution in [1.29, 1.82) is 0 Å². The Hall–Kier alpha value is -2.34. The van der Waals surface area contributed by atoms with Crippen LogP contribution in [0.2, 0.25) is 0 Å². The molecule has 0 unspecified atom stereocenters. The van der Waals surface area contributed by atoms with Gasteiger partial charge >= 0.3 is 0 Å². The maximum absolute atomic E-state index is 12.4. The molecule has 1 saturated carbocycles. The number of hydrogen-bond donors (Lipinski definition) is 2. The maximum atomic E-state index is 12.4. The van der Waals surface area contributed by atoms with Gasteiger partial charge in [-0.1, -0.05) is 37.5 Å². The van der Waals surface area contributed by atoms with Gasteiger partial charge < -0.3 is 5.32 Å². The molecule has 0 aromatic heterocycles. The zero-order valence-electron chi connectivity index (χ0n) is 13.9. The van der Waals surface area contributed by atoms with Gasteiger partial charge in [0.25, 0.3) is 10.0 Å². The van der Waals surface area contributed by atoms with Gasteiger partial charge in [0.05, 0.1) is 4.90 Å². The van der Waals surface area contributed by atoms with Crippen molar-refractivity contribution in [2.75, 3.05) is 10.0 Å². The van der Waals surface area contributed by atoms with Crippen LogP contribution in [0.5, 0.6) is 0 Å². The van der Waals surface area contributed by atoms with Crippen molar-refractivity contribution in [3.05, 3.63) is 54.6 Å². The van der Waals surface area contributed by atoms with Crippen LogP contribution < -0.4 is 10.0 Å². The SMILES string of the molecule is O=C(Nc1ccc(S(=O)(=O)Nc2ccccc2)cc1)C1CCCCC1. The third-order valence-corrected chi connectivity index (χ3v) is 5.83.